The van der Waals surface area contributed by atoms with Crippen LogP contribution < -0.4 is 5.32 Å². The molecular weight excluding hydrogens is 332 g/mol. The first-order valence-corrected chi connectivity index (χ1v) is 10.3. The Kier molecular flexibility index (Phi) is 5.31. The Bertz CT molecular complexity index is 773. The molecule has 142 valence electrons. The fourth-order valence-corrected chi connectivity index (χ4v) is 4.37. The van der Waals surface area contributed by atoms with Gasteiger partial charge in [-0.25, -0.2) is 0 Å². The normalized spacial score (nSPS) is 23.2. The maximum Gasteiger partial charge on any atom is 0.255 e. The van der Waals surface area contributed by atoms with Crippen LogP contribution in [0.15, 0.2) is 48.5 Å². The van der Waals surface area contributed by atoms with Crippen molar-refractivity contribution in [2.24, 2.45) is 5.92 Å². The predicted octanol–water partition coefficient (Wildman–Crippen LogP) is 5.26. The van der Waals surface area contributed by atoms with Gasteiger partial charge in [-0.2, -0.15) is 0 Å². The Morgan fingerprint density at radius 2 is 1.63 bits per heavy atom. The average Bonchev–Trinajstić information content (AvgIpc) is 3.49. The molecule has 3 heteroatoms. The third-order valence-electron chi connectivity index (χ3n) is 6.41. The van der Waals surface area contributed by atoms with Gasteiger partial charge in [-0.05, 0) is 92.5 Å². The second-order valence-electron chi connectivity index (χ2n) is 8.29. The van der Waals surface area contributed by atoms with Crippen LogP contribution in [-0.4, -0.2) is 30.9 Å². The zero-order valence-corrected chi connectivity index (χ0v) is 16.4. The number of amides is 1. The van der Waals surface area contributed by atoms with Crippen LogP contribution in [0.5, 0.6) is 0 Å². The summed E-state index contributed by atoms with van der Waals surface area (Å²) in [5.74, 6) is 2.18. The number of rotatable bonds is 5. The second-order valence-corrected chi connectivity index (χ2v) is 8.29. The number of nitrogens with zero attached hydrogens (tertiary/aromatic N) is 1. The van der Waals surface area contributed by atoms with Crippen LogP contribution in [0.2, 0.25) is 0 Å². The maximum absolute atomic E-state index is 12.6. The van der Waals surface area contributed by atoms with Crippen LogP contribution in [0.4, 0.5) is 5.69 Å². The van der Waals surface area contributed by atoms with Gasteiger partial charge in [0.1, 0.15) is 0 Å². The number of piperidine rings is 1. The minimum Gasteiger partial charge on any atom is -0.322 e. The van der Waals surface area contributed by atoms with Crippen molar-refractivity contribution >= 4 is 11.6 Å². The molecule has 0 aromatic heterocycles. The average molecular weight is 363 g/mol. The van der Waals surface area contributed by atoms with E-state index in [1.54, 1.807) is 0 Å². The van der Waals surface area contributed by atoms with Crippen LogP contribution >= 0.6 is 0 Å². The molecule has 2 fully saturated rings. The molecular formula is C24H30N2O. The van der Waals surface area contributed by atoms with E-state index in [9.17, 15) is 4.79 Å². The topological polar surface area (TPSA) is 32.3 Å². The Morgan fingerprint density at radius 1 is 1.00 bits per heavy atom. The summed E-state index contributed by atoms with van der Waals surface area (Å²) in [5.41, 5.74) is 4.36. The van der Waals surface area contributed by atoms with Crippen molar-refractivity contribution in [3.05, 3.63) is 65.2 Å². The van der Waals surface area contributed by atoms with Gasteiger partial charge in [0.25, 0.3) is 5.91 Å². The quantitative estimate of drug-likeness (QED) is 0.787. The number of anilines is 1. The largest absolute Gasteiger partial charge is 0.322 e. The van der Waals surface area contributed by atoms with E-state index in [0.717, 1.165) is 36.2 Å². The van der Waals surface area contributed by atoms with Gasteiger partial charge < -0.3 is 10.2 Å². The third-order valence-corrected chi connectivity index (χ3v) is 6.41. The number of benzene rings is 2. The molecule has 1 N–H and O–H groups in total. The Labute approximate surface area is 162 Å². The molecule has 2 aromatic carbocycles. The van der Waals surface area contributed by atoms with E-state index in [4.69, 9.17) is 0 Å². The van der Waals surface area contributed by atoms with Crippen molar-refractivity contribution in [2.45, 2.75) is 44.4 Å². The zero-order chi connectivity index (χ0) is 18.8. The van der Waals surface area contributed by atoms with Crippen molar-refractivity contribution in [3.63, 3.8) is 0 Å². The Balaban J connectivity index is 1.35. The molecule has 0 unspecified atom stereocenters. The number of carbonyl (C=O) groups excluding carboxylic acids is 1. The molecule has 0 bridgehead atoms. The first kappa shape index (κ1) is 18.2. The third kappa shape index (κ3) is 4.24. The highest BCUT2D eigenvalue weighted by molar-refractivity contribution is 6.04. The van der Waals surface area contributed by atoms with E-state index in [2.05, 4.69) is 48.5 Å². The van der Waals surface area contributed by atoms with Crippen LogP contribution in [0, 0.1) is 5.92 Å². The van der Waals surface area contributed by atoms with Gasteiger partial charge in [0.2, 0.25) is 0 Å². The summed E-state index contributed by atoms with van der Waals surface area (Å²) in [7, 11) is 2.18. The van der Waals surface area contributed by atoms with Crippen molar-refractivity contribution < 1.29 is 4.79 Å². The van der Waals surface area contributed by atoms with Crippen LogP contribution in [0.1, 0.15) is 65.9 Å². The highest BCUT2D eigenvalue weighted by atomic mass is 16.1. The molecule has 3 nitrogen and oxygen atoms in total. The van der Waals surface area contributed by atoms with Crippen molar-refractivity contribution in [3.8, 4) is 0 Å². The lowest BCUT2D eigenvalue weighted by molar-refractivity contribution is 0.102. The molecule has 1 heterocycles. The summed E-state index contributed by atoms with van der Waals surface area (Å²) in [6.45, 7) is 4.57. The minimum absolute atomic E-state index is 0.0319. The highest BCUT2D eigenvalue weighted by Gasteiger charge is 2.36. The second kappa shape index (κ2) is 7.85. The van der Waals surface area contributed by atoms with E-state index in [1.807, 2.05) is 24.3 Å². The number of hydrogen-bond donors (Lipinski definition) is 1. The number of nitrogens with one attached hydrogen (secondary N) is 1. The molecule has 27 heavy (non-hydrogen) atoms. The number of hydrogen-bond acceptors (Lipinski definition) is 2. The van der Waals surface area contributed by atoms with Crippen LogP contribution in [0.25, 0.3) is 0 Å². The SMILES string of the molecule is CC[C@H]1C[C@H]1c1ccc(NC(=O)c2ccc(C3CCN(C)CC3)cc2)cc1. The monoisotopic (exact) mass is 362 g/mol. The Morgan fingerprint density at radius 3 is 2.22 bits per heavy atom. The predicted molar refractivity (Wildman–Crippen MR) is 111 cm³/mol. The van der Waals surface area contributed by atoms with E-state index in [0.29, 0.717) is 5.92 Å². The van der Waals surface area contributed by atoms with E-state index in [1.165, 1.54) is 36.8 Å². The molecule has 1 amide bonds. The van der Waals surface area contributed by atoms with E-state index >= 15 is 0 Å². The fraction of sp³-hybridized carbons (Fsp3) is 0.458. The highest BCUT2D eigenvalue weighted by Crippen LogP contribution is 2.49. The van der Waals surface area contributed by atoms with Crippen molar-refractivity contribution in [2.75, 3.05) is 25.5 Å². The summed E-state index contributed by atoms with van der Waals surface area (Å²) in [6, 6.07) is 16.6. The molecule has 4 rings (SSSR count). The number of likely N-dealkylation sites (tertiary alicyclic amines) is 1. The van der Waals surface area contributed by atoms with Crippen molar-refractivity contribution in [1.82, 2.24) is 4.90 Å². The lowest BCUT2D eigenvalue weighted by Gasteiger charge is -2.29. The summed E-state index contributed by atoms with van der Waals surface area (Å²) in [5, 5.41) is 3.03. The lowest BCUT2D eigenvalue weighted by atomic mass is 9.89. The molecule has 1 saturated heterocycles. The standard InChI is InChI=1S/C24H30N2O/c1-3-17-16-23(17)20-8-10-22(11-9-20)25-24(27)21-6-4-18(5-7-21)19-12-14-26(2)15-13-19/h4-11,17,19,23H,3,12-16H2,1-2H3,(H,25,27)/t17-,23+/m0/s1. The summed E-state index contributed by atoms with van der Waals surface area (Å²) in [4.78, 5) is 14.9. The lowest BCUT2D eigenvalue weighted by Crippen LogP contribution is -2.29. The molecule has 2 aliphatic rings. The van der Waals surface area contributed by atoms with Gasteiger partial charge in [0.15, 0.2) is 0 Å². The first-order chi connectivity index (χ1) is 13.1. The fourth-order valence-electron chi connectivity index (χ4n) is 4.37. The van der Waals surface area contributed by atoms with Crippen LogP contribution in [-0.2, 0) is 0 Å². The molecule has 0 spiro atoms. The van der Waals surface area contributed by atoms with Gasteiger partial charge in [-0.1, -0.05) is 37.6 Å². The minimum atomic E-state index is -0.0319. The smallest absolute Gasteiger partial charge is 0.255 e. The summed E-state index contributed by atoms with van der Waals surface area (Å²) in [6.07, 6.45) is 4.98. The Hall–Kier alpha value is -2.13. The summed E-state index contributed by atoms with van der Waals surface area (Å²) < 4.78 is 0. The van der Waals surface area contributed by atoms with Crippen molar-refractivity contribution in [1.29, 1.82) is 0 Å². The summed E-state index contributed by atoms with van der Waals surface area (Å²) >= 11 is 0. The molecule has 1 saturated carbocycles. The molecule has 0 radical (unpaired) electrons. The van der Waals surface area contributed by atoms with E-state index in [-0.39, 0.29) is 5.91 Å². The van der Waals surface area contributed by atoms with Gasteiger partial charge in [0, 0.05) is 11.3 Å². The molecule has 2 aromatic rings. The van der Waals surface area contributed by atoms with E-state index < -0.39 is 0 Å². The van der Waals surface area contributed by atoms with Gasteiger partial charge in [-0.15, -0.1) is 0 Å². The maximum atomic E-state index is 12.6. The number of carbonyl (C=O) groups is 1. The molecule has 2 atom stereocenters. The van der Waals surface area contributed by atoms with Gasteiger partial charge in [-0.3, -0.25) is 4.79 Å². The molecule has 1 aliphatic carbocycles. The molecule has 1 aliphatic heterocycles. The van der Waals surface area contributed by atoms with Gasteiger partial charge >= 0.3 is 0 Å². The van der Waals surface area contributed by atoms with Gasteiger partial charge in [0.05, 0.1) is 0 Å². The van der Waals surface area contributed by atoms with Crippen LogP contribution in [0.3, 0.4) is 0 Å². The first-order valence-electron chi connectivity index (χ1n) is 10.3. The zero-order valence-electron chi connectivity index (χ0n) is 16.4.